The van der Waals surface area contributed by atoms with Crippen LogP contribution in [0.4, 0.5) is 0 Å². The van der Waals surface area contributed by atoms with Crippen LogP contribution in [0.25, 0.3) is 0 Å². The molecule has 0 aromatic rings. The van der Waals surface area contributed by atoms with E-state index in [2.05, 4.69) is 13.8 Å². The maximum Gasteiger partial charge on any atom is 0.135 e. The molecule has 11 heavy (non-hydrogen) atoms. The van der Waals surface area contributed by atoms with Crippen molar-refractivity contribution in [1.82, 2.24) is 0 Å². The van der Waals surface area contributed by atoms with Crippen LogP contribution in [0.2, 0.25) is 0 Å². The second kappa shape index (κ2) is 3.89. The molecule has 66 valence electrons. The van der Waals surface area contributed by atoms with Gasteiger partial charge in [-0.05, 0) is 12.8 Å². The first-order chi connectivity index (χ1) is 4.92. The molecule has 0 heterocycles. The molecule has 1 atom stereocenters. The lowest BCUT2D eigenvalue weighted by atomic mass is 9.75. The van der Waals surface area contributed by atoms with Gasteiger partial charge in [0.05, 0.1) is 0 Å². The summed E-state index contributed by atoms with van der Waals surface area (Å²) in [5.74, 6) is 0.809. The van der Waals surface area contributed by atoms with Crippen molar-refractivity contribution < 1.29 is 4.79 Å². The maximum atomic E-state index is 11.2. The molecule has 0 saturated carbocycles. The van der Waals surface area contributed by atoms with Gasteiger partial charge in [-0.25, -0.2) is 0 Å². The molecule has 0 bridgehead atoms. The Morgan fingerprint density at radius 1 is 1.45 bits per heavy atom. The van der Waals surface area contributed by atoms with Crippen molar-refractivity contribution in [3.8, 4) is 0 Å². The predicted molar refractivity (Wildman–Crippen MR) is 48.5 cm³/mol. The van der Waals surface area contributed by atoms with Gasteiger partial charge in [0, 0.05) is 5.41 Å². The zero-order valence-electron chi connectivity index (χ0n) is 8.40. The standard InChI is InChI=1S/C10H20O/c1-6-7-8(2)10(4,5)9(3)11/h8H,6-7H2,1-5H3. The summed E-state index contributed by atoms with van der Waals surface area (Å²) < 4.78 is 0. The molecule has 0 spiro atoms. The molecule has 0 aliphatic carbocycles. The van der Waals surface area contributed by atoms with Gasteiger partial charge >= 0.3 is 0 Å². The van der Waals surface area contributed by atoms with Crippen LogP contribution in [0.3, 0.4) is 0 Å². The largest absolute Gasteiger partial charge is 0.299 e. The zero-order chi connectivity index (χ0) is 9.07. The average molecular weight is 156 g/mol. The quantitative estimate of drug-likeness (QED) is 0.611. The van der Waals surface area contributed by atoms with Crippen molar-refractivity contribution in [1.29, 1.82) is 0 Å². The van der Waals surface area contributed by atoms with Crippen LogP contribution in [0.5, 0.6) is 0 Å². The smallest absolute Gasteiger partial charge is 0.135 e. The van der Waals surface area contributed by atoms with E-state index in [0.29, 0.717) is 11.7 Å². The number of hydrogen-bond acceptors (Lipinski definition) is 1. The molecule has 0 rings (SSSR count). The Balaban J connectivity index is 4.17. The molecule has 0 aliphatic heterocycles. The fourth-order valence-electron chi connectivity index (χ4n) is 1.14. The van der Waals surface area contributed by atoms with E-state index >= 15 is 0 Å². The van der Waals surface area contributed by atoms with Crippen molar-refractivity contribution in [2.45, 2.75) is 47.5 Å². The van der Waals surface area contributed by atoms with Gasteiger partial charge < -0.3 is 0 Å². The van der Waals surface area contributed by atoms with Crippen LogP contribution in [0.1, 0.15) is 47.5 Å². The first kappa shape index (κ1) is 10.7. The normalized spacial score (nSPS) is 14.6. The van der Waals surface area contributed by atoms with Crippen molar-refractivity contribution in [2.24, 2.45) is 11.3 Å². The molecule has 0 saturated heterocycles. The summed E-state index contributed by atoms with van der Waals surface area (Å²) in [4.78, 5) is 11.2. The van der Waals surface area contributed by atoms with Crippen LogP contribution < -0.4 is 0 Å². The number of rotatable bonds is 4. The third-order valence-electron chi connectivity index (χ3n) is 2.86. The van der Waals surface area contributed by atoms with Gasteiger partial charge in [0.2, 0.25) is 0 Å². The van der Waals surface area contributed by atoms with E-state index in [9.17, 15) is 4.79 Å². The van der Waals surface area contributed by atoms with Crippen molar-refractivity contribution >= 4 is 5.78 Å². The van der Waals surface area contributed by atoms with Gasteiger partial charge in [-0.2, -0.15) is 0 Å². The van der Waals surface area contributed by atoms with Crippen LogP contribution in [0, 0.1) is 11.3 Å². The maximum absolute atomic E-state index is 11.2. The molecule has 0 N–H and O–H groups in total. The third kappa shape index (κ3) is 2.64. The number of Topliss-reactive ketones (excluding diaryl/α,β-unsaturated/α-hetero) is 1. The number of ketones is 1. The molecule has 0 aliphatic rings. The first-order valence-electron chi connectivity index (χ1n) is 4.44. The summed E-state index contributed by atoms with van der Waals surface area (Å²) in [5, 5.41) is 0. The van der Waals surface area contributed by atoms with E-state index in [1.54, 1.807) is 6.92 Å². The highest BCUT2D eigenvalue weighted by molar-refractivity contribution is 5.81. The second-order valence-corrected chi connectivity index (χ2v) is 3.97. The molecule has 0 fully saturated rings. The molecular weight excluding hydrogens is 136 g/mol. The van der Waals surface area contributed by atoms with Crippen LogP contribution in [-0.2, 0) is 4.79 Å². The molecular formula is C10H20O. The third-order valence-corrected chi connectivity index (χ3v) is 2.86. The highest BCUT2D eigenvalue weighted by Gasteiger charge is 2.29. The Bertz CT molecular complexity index is 136. The van der Waals surface area contributed by atoms with Gasteiger partial charge in [-0.1, -0.05) is 40.5 Å². The summed E-state index contributed by atoms with van der Waals surface area (Å²) in [6, 6.07) is 0. The van der Waals surface area contributed by atoms with Crippen LogP contribution in [-0.4, -0.2) is 5.78 Å². The van der Waals surface area contributed by atoms with Gasteiger partial charge in [-0.3, -0.25) is 4.79 Å². The van der Waals surface area contributed by atoms with Gasteiger partial charge in [0.1, 0.15) is 5.78 Å². The summed E-state index contributed by atoms with van der Waals surface area (Å²) >= 11 is 0. The van der Waals surface area contributed by atoms with Crippen molar-refractivity contribution in [3.05, 3.63) is 0 Å². The minimum atomic E-state index is -0.129. The van der Waals surface area contributed by atoms with E-state index in [-0.39, 0.29) is 5.41 Å². The lowest BCUT2D eigenvalue weighted by molar-refractivity contribution is -0.127. The Hall–Kier alpha value is -0.330. The van der Waals surface area contributed by atoms with Crippen LogP contribution in [0.15, 0.2) is 0 Å². The van der Waals surface area contributed by atoms with E-state index < -0.39 is 0 Å². The topological polar surface area (TPSA) is 17.1 Å². The summed E-state index contributed by atoms with van der Waals surface area (Å²) in [6.45, 7) is 10.1. The number of hydrogen-bond donors (Lipinski definition) is 0. The van der Waals surface area contributed by atoms with E-state index in [1.165, 1.54) is 0 Å². The van der Waals surface area contributed by atoms with E-state index in [0.717, 1.165) is 12.8 Å². The summed E-state index contributed by atoms with van der Waals surface area (Å²) in [5.41, 5.74) is -0.129. The first-order valence-corrected chi connectivity index (χ1v) is 4.44. The minimum absolute atomic E-state index is 0.129. The fraction of sp³-hybridized carbons (Fsp3) is 0.900. The van der Waals surface area contributed by atoms with Gasteiger partial charge in [0.15, 0.2) is 0 Å². The monoisotopic (exact) mass is 156 g/mol. The lowest BCUT2D eigenvalue weighted by Crippen LogP contribution is -2.29. The lowest BCUT2D eigenvalue weighted by Gasteiger charge is -2.28. The molecule has 0 amide bonds. The zero-order valence-corrected chi connectivity index (χ0v) is 8.40. The SMILES string of the molecule is CCCC(C)C(C)(C)C(C)=O. The predicted octanol–water partition coefficient (Wildman–Crippen LogP) is 3.04. The molecule has 1 nitrogen and oxygen atoms in total. The Kier molecular flexibility index (Phi) is 3.77. The molecule has 0 aromatic heterocycles. The van der Waals surface area contributed by atoms with E-state index in [1.807, 2.05) is 13.8 Å². The summed E-state index contributed by atoms with van der Waals surface area (Å²) in [7, 11) is 0. The van der Waals surface area contributed by atoms with Gasteiger partial charge in [-0.15, -0.1) is 0 Å². The minimum Gasteiger partial charge on any atom is -0.299 e. The highest BCUT2D eigenvalue weighted by atomic mass is 16.1. The molecule has 0 radical (unpaired) electrons. The highest BCUT2D eigenvalue weighted by Crippen LogP contribution is 2.30. The Labute approximate surface area is 70.2 Å². The summed E-state index contributed by atoms with van der Waals surface area (Å²) in [6.07, 6.45) is 2.31. The second-order valence-electron chi connectivity index (χ2n) is 3.97. The molecule has 1 heteroatoms. The fourth-order valence-corrected chi connectivity index (χ4v) is 1.14. The molecule has 1 unspecified atom stereocenters. The van der Waals surface area contributed by atoms with Crippen LogP contribution >= 0.6 is 0 Å². The van der Waals surface area contributed by atoms with Crippen molar-refractivity contribution in [2.75, 3.05) is 0 Å². The Morgan fingerprint density at radius 3 is 2.18 bits per heavy atom. The Morgan fingerprint density at radius 2 is 1.91 bits per heavy atom. The number of carbonyl (C=O) groups is 1. The molecule has 0 aromatic carbocycles. The van der Waals surface area contributed by atoms with E-state index in [4.69, 9.17) is 0 Å². The van der Waals surface area contributed by atoms with Crippen molar-refractivity contribution in [3.63, 3.8) is 0 Å². The number of carbonyl (C=O) groups excluding carboxylic acids is 1. The average Bonchev–Trinajstić information content (AvgIpc) is 1.88. The van der Waals surface area contributed by atoms with Gasteiger partial charge in [0.25, 0.3) is 0 Å².